The van der Waals surface area contributed by atoms with Gasteiger partial charge in [0.2, 0.25) is 0 Å². The largest absolute Gasteiger partial charge is 0.461 e. The predicted octanol–water partition coefficient (Wildman–Crippen LogP) is 6.96. The summed E-state index contributed by atoms with van der Waals surface area (Å²) in [6.45, 7) is 5.41. The van der Waals surface area contributed by atoms with Crippen molar-refractivity contribution >= 4 is 39.7 Å². The van der Waals surface area contributed by atoms with Crippen LogP contribution in [0.1, 0.15) is 58.4 Å². The number of carbonyl (C=O) groups is 2. The monoisotopic (exact) mass is 839 g/mol. The number of halogens is 5. The Balaban J connectivity index is 1.21. The van der Waals surface area contributed by atoms with Gasteiger partial charge in [-0.25, -0.2) is 31.5 Å². The minimum Gasteiger partial charge on any atom is -0.461 e. The molecule has 2 aromatic carbocycles. The number of amides is 2. The Labute approximate surface area is 342 Å². The quantitative estimate of drug-likeness (QED) is 0.214. The molecule has 0 radical (unpaired) electrons. The molecule has 0 unspecified atom stereocenters. The number of hydrogen-bond acceptors (Lipinski definition) is 11. The van der Waals surface area contributed by atoms with E-state index >= 15 is 17.6 Å². The van der Waals surface area contributed by atoms with E-state index in [1.165, 1.54) is 41.1 Å². The van der Waals surface area contributed by atoms with Gasteiger partial charge in [0.15, 0.2) is 5.82 Å². The zero-order valence-corrected chi connectivity index (χ0v) is 33.5. The number of pyridine rings is 1. The number of benzene rings is 2. The highest BCUT2D eigenvalue weighted by Crippen LogP contribution is 2.43. The summed E-state index contributed by atoms with van der Waals surface area (Å²) in [6.07, 6.45) is -0.747. The normalized spacial score (nSPS) is 28.1. The fraction of sp³-hybridized carbons (Fsp3) is 0.548. The van der Waals surface area contributed by atoms with Crippen molar-refractivity contribution in [2.24, 2.45) is 0 Å². The molecule has 0 saturated carbocycles. The average Bonchev–Trinajstić information content (AvgIpc) is 3.70. The van der Waals surface area contributed by atoms with E-state index in [9.17, 15) is 14.0 Å². The number of ether oxygens (including phenoxy) is 4. The second-order valence-corrected chi connectivity index (χ2v) is 17.3. The molecular weight excluding hydrogens is 793 g/mol. The summed E-state index contributed by atoms with van der Waals surface area (Å²) >= 11 is 0. The van der Waals surface area contributed by atoms with Gasteiger partial charge in [0.05, 0.1) is 54.9 Å². The van der Waals surface area contributed by atoms with Gasteiger partial charge in [0.1, 0.15) is 41.4 Å². The number of alkyl halides is 3. The van der Waals surface area contributed by atoms with Gasteiger partial charge in [0.25, 0.3) is 5.92 Å². The van der Waals surface area contributed by atoms with Crippen LogP contribution in [0.5, 0.6) is 11.8 Å². The Morgan fingerprint density at radius 2 is 1.87 bits per heavy atom. The van der Waals surface area contributed by atoms with Crippen LogP contribution in [0.3, 0.4) is 0 Å². The third kappa shape index (κ3) is 7.60. The summed E-state index contributed by atoms with van der Waals surface area (Å²) in [6, 6.07) is 5.36. The van der Waals surface area contributed by atoms with Crippen LogP contribution in [-0.4, -0.2) is 125 Å². The van der Waals surface area contributed by atoms with E-state index < -0.39 is 60.0 Å². The minimum atomic E-state index is -3.35. The van der Waals surface area contributed by atoms with Crippen molar-refractivity contribution in [3.05, 3.63) is 47.7 Å². The number of rotatable bonds is 4. The van der Waals surface area contributed by atoms with E-state index in [0.29, 0.717) is 18.4 Å². The second-order valence-electron chi connectivity index (χ2n) is 17.3. The Morgan fingerprint density at radius 3 is 2.67 bits per heavy atom. The Kier molecular flexibility index (Phi) is 10.2. The van der Waals surface area contributed by atoms with Gasteiger partial charge in [-0.1, -0.05) is 6.07 Å². The van der Waals surface area contributed by atoms with E-state index in [1.807, 2.05) is 18.7 Å². The third-order valence-electron chi connectivity index (χ3n) is 12.3. The first-order valence-corrected chi connectivity index (χ1v) is 20.4. The number of nitrogens with zero attached hydrogens (tertiary/aromatic N) is 6. The van der Waals surface area contributed by atoms with E-state index in [1.54, 1.807) is 6.07 Å². The molecule has 0 spiro atoms. The minimum absolute atomic E-state index is 0.0211. The van der Waals surface area contributed by atoms with Crippen molar-refractivity contribution in [3.63, 3.8) is 0 Å². The molecule has 4 fully saturated rings. The average molecular weight is 840 g/mol. The summed E-state index contributed by atoms with van der Waals surface area (Å²) < 4.78 is 103. The molecule has 10 rings (SSSR count). The highest BCUT2D eigenvalue weighted by Gasteiger charge is 2.50. The van der Waals surface area contributed by atoms with Crippen LogP contribution in [0.4, 0.5) is 37.4 Å². The fourth-order valence-corrected chi connectivity index (χ4v) is 10.0. The lowest BCUT2D eigenvalue weighted by atomic mass is 9.88. The number of alkyl carbamates (subject to hydrolysis) is 1. The summed E-state index contributed by atoms with van der Waals surface area (Å²) in [5.74, 6) is -5.05. The maximum absolute atomic E-state index is 17.6. The molecule has 13 nitrogen and oxygen atoms in total. The molecule has 6 aliphatic rings. The second kappa shape index (κ2) is 15.1. The molecule has 4 saturated heterocycles. The molecule has 5 atom stereocenters. The zero-order valence-electron chi connectivity index (χ0n) is 33.5. The Bertz CT molecular complexity index is 2370. The molecule has 1 N–H and O–H groups in total. The highest BCUT2D eigenvalue weighted by atomic mass is 19.3. The van der Waals surface area contributed by atoms with E-state index in [0.717, 1.165) is 6.42 Å². The molecule has 60 heavy (non-hydrogen) atoms. The van der Waals surface area contributed by atoms with Crippen LogP contribution in [0.25, 0.3) is 32.9 Å². The molecule has 2 aromatic heterocycles. The first kappa shape index (κ1) is 40.3. The smallest absolute Gasteiger partial charge is 0.415 e. The van der Waals surface area contributed by atoms with Crippen molar-refractivity contribution in [1.82, 2.24) is 30.1 Å². The molecule has 2 amide bonds. The lowest BCUT2D eigenvalue weighted by Gasteiger charge is -2.44. The fourth-order valence-electron chi connectivity index (χ4n) is 10.0. The first-order chi connectivity index (χ1) is 28.6. The molecule has 8 heterocycles. The molecule has 320 valence electrons. The zero-order chi connectivity index (χ0) is 42.1. The molecule has 18 heteroatoms. The van der Waals surface area contributed by atoms with Crippen LogP contribution >= 0.6 is 0 Å². The standard InChI is InChI=1S/C42H46F5N7O6/c1-23-16-52(17-24(2)59-23)39(56)60-27-12-25-7-8-31(44)28-6-4-11-57-38(55)51-40(3)19-42(46,47)21-53(20-40)36-30-15-48-34(29(13-27)32(25)28)33(45)35(30)49-37(50-36)58-22-41-9-5-10-54(41)18-26(43)14-41/h7-8,12-13,15,23-24,26H,4-6,9-11,14,16-22H2,1-3H3,(H,51,55)/t23-,24+,26-,40-,41+/m1/s1. The summed E-state index contributed by atoms with van der Waals surface area (Å²) in [4.78, 5) is 45.0. The lowest BCUT2D eigenvalue weighted by Crippen LogP contribution is -2.63. The van der Waals surface area contributed by atoms with Gasteiger partial charge in [-0.2, -0.15) is 9.97 Å². The van der Waals surface area contributed by atoms with Crippen LogP contribution < -0.4 is 19.7 Å². The highest BCUT2D eigenvalue weighted by molar-refractivity contribution is 6.02. The first-order valence-electron chi connectivity index (χ1n) is 20.4. The van der Waals surface area contributed by atoms with Crippen molar-refractivity contribution in [1.29, 1.82) is 0 Å². The van der Waals surface area contributed by atoms with Gasteiger partial charge in [-0.05, 0) is 87.5 Å². The van der Waals surface area contributed by atoms with Crippen LogP contribution in [0, 0.1) is 11.6 Å². The van der Waals surface area contributed by atoms with Crippen LogP contribution in [0.2, 0.25) is 0 Å². The van der Waals surface area contributed by atoms with Crippen molar-refractivity contribution in [3.8, 4) is 23.0 Å². The lowest BCUT2D eigenvalue weighted by molar-refractivity contribution is -0.0592. The maximum atomic E-state index is 17.6. The number of aromatic nitrogens is 3. The van der Waals surface area contributed by atoms with Crippen molar-refractivity contribution in [2.45, 2.75) is 94.7 Å². The number of carbonyl (C=O) groups excluding carboxylic acids is 2. The van der Waals surface area contributed by atoms with Gasteiger partial charge in [-0.3, -0.25) is 9.88 Å². The van der Waals surface area contributed by atoms with Gasteiger partial charge in [0, 0.05) is 37.7 Å². The van der Waals surface area contributed by atoms with Crippen molar-refractivity contribution < 1.29 is 50.5 Å². The summed E-state index contributed by atoms with van der Waals surface area (Å²) in [5.41, 5.74) is -2.57. The van der Waals surface area contributed by atoms with Crippen molar-refractivity contribution in [2.75, 3.05) is 57.4 Å². The summed E-state index contributed by atoms with van der Waals surface area (Å²) in [7, 11) is 0. The molecule has 6 bridgehead atoms. The van der Waals surface area contributed by atoms with Crippen LogP contribution in [0.15, 0.2) is 30.5 Å². The molecule has 4 aromatic rings. The number of anilines is 1. The maximum Gasteiger partial charge on any atom is 0.415 e. The predicted molar refractivity (Wildman–Crippen MR) is 209 cm³/mol. The molecular formula is C42H46F5N7O6. The van der Waals surface area contributed by atoms with Gasteiger partial charge >= 0.3 is 18.2 Å². The number of hydrogen-bond donors (Lipinski definition) is 1. The van der Waals surface area contributed by atoms with E-state index in [-0.39, 0.29) is 122 Å². The van der Waals surface area contributed by atoms with Gasteiger partial charge in [-0.15, -0.1) is 0 Å². The SMILES string of the molecule is C[C@@H]1CN(C(=O)Oc2cc3c4c(c(F)ccc4c2)CCCOC(=O)N[C@@]2(C)CN(CC(F)(F)C2)c2nc(OC[C@@]45CCCN4C[C@H](F)C5)nc4c(F)c-3ncc24)C[C@H](C)O1. The number of piperidine rings is 1. The third-order valence-corrected chi connectivity index (χ3v) is 12.3. The molecule has 0 aliphatic carbocycles. The van der Waals surface area contributed by atoms with Gasteiger partial charge < -0.3 is 34.1 Å². The number of nitrogens with one attached hydrogen (secondary N) is 1. The Morgan fingerprint density at radius 1 is 1.07 bits per heavy atom. The Hall–Kier alpha value is -5.10. The number of morpholine rings is 1. The topological polar surface area (TPSA) is 131 Å². The van der Waals surface area contributed by atoms with E-state index in [2.05, 4.69) is 20.3 Å². The number of fused-ring (bicyclic) bond motifs is 7. The molecule has 6 aliphatic heterocycles. The van der Waals surface area contributed by atoms with Crippen LogP contribution in [-0.2, 0) is 15.9 Å². The van der Waals surface area contributed by atoms with E-state index in [4.69, 9.17) is 18.9 Å². The number of aryl methyl sites for hydroxylation is 1. The summed E-state index contributed by atoms with van der Waals surface area (Å²) in [5, 5.41) is 3.24.